The summed E-state index contributed by atoms with van der Waals surface area (Å²) in [6.07, 6.45) is 3.55. The first-order valence-corrected chi connectivity index (χ1v) is 4.43. The Hall–Kier alpha value is -1.34. The van der Waals surface area contributed by atoms with E-state index in [0.717, 1.165) is 31.7 Å². The summed E-state index contributed by atoms with van der Waals surface area (Å²) in [4.78, 5) is 0. The zero-order valence-electron chi connectivity index (χ0n) is 7.29. The molecule has 0 saturated carbocycles. The van der Waals surface area contributed by atoms with E-state index in [1.807, 2.05) is 0 Å². The van der Waals surface area contributed by atoms with Crippen LogP contribution in [0.4, 0.5) is 0 Å². The Labute approximate surface area is 76.5 Å². The lowest BCUT2D eigenvalue weighted by Gasteiger charge is -2.20. The Bertz CT molecular complexity index is 320. The maximum Gasteiger partial charge on any atom is 0.103 e. The summed E-state index contributed by atoms with van der Waals surface area (Å²) in [6.45, 7) is 1.57. The maximum atomic E-state index is 8.80. The molecule has 0 radical (unpaired) electrons. The number of hydrogen-bond acceptors (Lipinski definition) is 3. The topological polar surface area (TPSA) is 61.7 Å². The van der Waals surface area contributed by atoms with Crippen LogP contribution in [-0.4, -0.2) is 23.4 Å². The third-order valence-electron chi connectivity index (χ3n) is 2.42. The van der Waals surface area contributed by atoms with E-state index < -0.39 is 0 Å². The number of rotatable bonds is 1. The fourth-order valence-corrected chi connectivity index (χ4v) is 1.68. The molecule has 68 valence electrons. The van der Waals surface area contributed by atoms with Crippen molar-refractivity contribution in [1.29, 1.82) is 5.26 Å². The molecule has 4 nitrogen and oxygen atoms in total. The molecule has 4 heteroatoms. The molecule has 0 spiro atoms. The third kappa shape index (κ3) is 1.56. The van der Waals surface area contributed by atoms with Crippen molar-refractivity contribution >= 4 is 0 Å². The van der Waals surface area contributed by atoms with Crippen LogP contribution in [0, 0.1) is 11.3 Å². The first-order chi connectivity index (χ1) is 6.42. The van der Waals surface area contributed by atoms with Crippen molar-refractivity contribution in [1.82, 2.24) is 10.2 Å². The Morgan fingerprint density at radius 3 is 3.00 bits per heavy atom. The van der Waals surface area contributed by atoms with Crippen molar-refractivity contribution in [3.8, 4) is 6.07 Å². The highest BCUT2D eigenvalue weighted by atomic mass is 16.5. The van der Waals surface area contributed by atoms with Gasteiger partial charge in [-0.2, -0.15) is 10.4 Å². The van der Waals surface area contributed by atoms with Gasteiger partial charge in [0.05, 0.1) is 17.5 Å². The van der Waals surface area contributed by atoms with Crippen molar-refractivity contribution in [3.05, 3.63) is 17.5 Å². The van der Waals surface area contributed by atoms with Crippen LogP contribution in [-0.2, 0) is 4.74 Å². The van der Waals surface area contributed by atoms with E-state index in [0.29, 0.717) is 11.5 Å². The second-order valence-electron chi connectivity index (χ2n) is 3.20. The highest BCUT2D eigenvalue weighted by molar-refractivity contribution is 5.32. The molecule has 2 heterocycles. The minimum atomic E-state index is 0.422. The van der Waals surface area contributed by atoms with Crippen molar-refractivity contribution in [3.63, 3.8) is 0 Å². The minimum Gasteiger partial charge on any atom is -0.381 e. The molecule has 1 aliphatic rings. The molecular formula is C9H11N3O. The molecule has 1 aromatic rings. The van der Waals surface area contributed by atoms with E-state index >= 15 is 0 Å². The molecule has 1 fully saturated rings. The van der Waals surface area contributed by atoms with Gasteiger partial charge in [0, 0.05) is 19.1 Å². The van der Waals surface area contributed by atoms with Gasteiger partial charge in [-0.3, -0.25) is 5.10 Å². The number of aromatic nitrogens is 2. The van der Waals surface area contributed by atoms with E-state index in [4.69, 9.17) is 10.00 Å². The Morgan fingerprint density at radius 1 is 1.54 bits per heavy atom. The molecular weight excluding hydrogens is 166 g/mol. The van der Waals surface area contributed by atoms with Crippen LogP contribution in [0.5, 0.6) is 0 Å². The average molecular weight is 177 g/mol. The molecule has 0 bridgehead atoms. The van der Waals surface area contributed by atoms with Crippen molar-refractivity contribution in [2.75, 3.05) is 13.2 Å². The van der Waals surface area contributed by atoms with Gasteiger partial charge < -0.3 is 4.74 Å². The Kier molecular flexibility index (Phi) is 2.28. The van der Waals surface area contributed by atoms with Crippen molar-refractivity contribution < 1.29 is 4.74 Å². The van der Waals surface area contributed by atoms with Gasteiger partial charge in [0.25, 0.3) is 0 Å². The fraction of sp³-hybridized carbons (Fsp3) is 0.556. The monoisotopic (exact) mass is 177 g/mol. The van der Waals surface area contributed by atoms with Gasteiger partial charge in [-0.15, -0.1) is 0 Å². The van der Waals surface area contributed by atoms with Gasteiger partial charge in [0.2, 0.25) is 0 Å². The molecule has 1 N–H and O–H groups in total. The molecule has 1 aromatic heterocycles. The minimum absolute atomic E-state index is 0.422. The van der Waals surface area contributed by atoms with Gasteiger partial charge in [-0.25, -0.2) is 0 Å². The van der Waals surface area contributed by atoms with Gasteiger partial charge in [-0.05, 0) is 12.8 Å². The predicted octanol–water partition coefficient (Wildman–Crippen LogP) is 1.18. The first kappa shape index (κ1) is 8.27. The second-order valence-corrected chi connectivity index (χ2v) is 3.20. The van der Waals surface area contributed by atoms with E-state index in [1.165, 1.54) is 0 Å². The summed E-state index contributed by atoms with van der Waals surface area (Å²) in [5.74, 6) is 0.422. The number of aromatic amines is 1. The molecule has 2 rings (SSSR count). The summed E-state index contributed by atoms with van der Waals surface area (Å²) < 4.78 is 5.25. The normalized spacial score (nSPS) is 18.4. The average Bonchev–Trinajstić information content (AvgIpc) is 2.67. The summed E-state index contributed by atoms with van der Waals surface area (Å²) in [5.41, 5.74) is 1.65. The standard InChI is InChI=1S/C9H11N3O/c10-5-8-6-11-12-9(8)7-1-3-13-4-2-7/h6-7H,1-4H2,(H,11,12). The van der Waals surface area contributed by atoms with E-state index in [1.54, 1.807) is 6.20 Å². The van der Waals surface area contributed by atoms with Crippen LogP contribution in [0.3, 0.4) is 0 Å². The van der Waals surface area contributed by atoms with Gasteiger partial charge >= 0.3 is 0 Å². The first-order valence-electron chi connectivity index (χ1n) is 4.43. The lowest BCUT2D eigenvalue weighted by atomic mass is 9.94. The SMILES string of the molecule is N#Cc1cn[nH]c1C1CCOCC1. The van der Waals surface area contributed by atoms with Crippen LogP contribution in [0.15, 0.2) is 6.20 Å². The van der Waals surface area contributed by atoms with E-state index in [2.05, 4.69) is 16.3 Å². The summed E-state index contributed by atoms with van der Waals surface area (Å²) >= 11 is 0. The third-order valence-corrected chi connectivity index (χ3v) is 2.42. The molecule has 0 aromatic carbocycles. The second kappa shape index (κ2) is 3.58. The molecule has 13 heavy (non-hydrogen) atoms. The number of nitrogens with zero attached hydrogens (tertiary/aromatic N) is 2. The van der Waals surface area contributed by atoms with Crippen molar-refractivity contribution in [2.24, 2.45) is 0 Å². The molecule has 0 unspecified atom stereocenters. The van der Waals surface area contributed by atoms with E-state index in [-0.39, 0.29) is 0 Å². The van der Waals surface area contributed by atoms with Gasteiger partial charge in [-0.1, -0.05) is 0 Å². The van der Waals surface area contributed by atoms with Crippen LogP contribution >= 0.6 is 0 Å². The molecule has 0 atom stereocenters. The molecule has 0 aliphatic carbocycles. The number of H-pyrrole nitrogens is 1. The van der Waals surface area contributed by atoms with Crippen LogP contribution < -0.4 is 0 Å². The van der Waals surface area contributed by atoms with E-state index in [9.17, 15) is 0 Å². The van der Waals surface area contributed by atoms with Crippen LogP contribution in [0.1, 0.15) is 30.0 Å². The Balaban J connectivity index is 2.19. The summed E-state index contributed by atoms with van der Waals surface area (Å²) in [5, 5.41) is 15.6. The smallest absolute Gasteiger partial charge is 0.103 e. The number of nitriles is 1. The predicted molar refractivity (Wildman–Crippen MR) is 46.1 cm³/mol. The lowest BCUT2D eigenvalue weighted by Crippen LogP contribution is -2.15. The number of ether oxygens (including phenoxy) is 1. The Morgan fingerprint density at radius 2 is 2.31 bits per heavy atom. The highest BCUT2D eigenvalue weighted by Crippen LogP contribution is 2.26. The fourth-order valence-electron chi connectivity index (χ4n) is 1.68. The molecule has 1 saturated heterocycles. The van der Waals surface area contributed by atoms with Gasteiger partial charge in [0.15, 0.2) is 0 Å². The van der Waals surface area contributed by atoms with Gasteiger partial charge in [0.1, 0.15) is 6.07 Å². The highest BCUT2D eigenvalue weighted by Gasteiger charge is 2.20. The number of hydrogen-bond donors (Lipinski definition) is 1. The largest absolute Gasteiger partial charge is 0.381 e. The zero-order valence-corrected chi connectivity index (χ0v) is 7.29. The van der Waals surface area contributed by atoms with Crippen LogP contribution in [0.25, 0.3) is 0 Å². The maximum absolute atomic E-state index is 8.80. The number of nitrogens with one attached hydrogen (secondary N) is 1. The summed E-state index contributed by atoms with van der Waals surface area (Å²) in [6, 6.07) is 2.14. The molecule has 1 aliphatic heterocycles. The van der Waals surface area contributed by atoms with Crippen LogP contribution in [0.2, 0.25) is 0 Å². The summed E-state index contributed by atoms with van der Waals surface area (Å²) in [7, 11) is 0. The quantitative estimate of drug-likeness (QED) is 0.700. The van der Waals surface area contributed by atoms with Crippen molar-refractivity contribution in [2.45, 2.75) is 18.8 Å². The lowest BCUT2D eigenvalue weighted by molar-refractivity contribution is 0.0844. The zero-order chi connectivity index (χ0) is 9.10. The molecule has 0 amide bonds.